The number of rotatable bonds is 5. The summed E-state index contributed by atoms with van der Waals surface area (Å²) in [7, 11) is 0. The van der Waals surface area contributed by atoms with Gasteiger partial charge in [0.15, 0.2) is 0 Å². The fourth-order valence-corrected chi connectivity index (χ4v) is 2.62. The normalized spacial score (nSPS) is 21.4. The number of carbonyl (C=O) groups excluding carboxylic acids is 1. The van der Waals surface area contributed by atoms with Crippen molar-refractivity contribution in [3.05, 3.63) is 0 Å². The van der Waals surface area contributed by atoms with Crippen LogP contribution in [0.2, 0.25) is 0 Å². The van der Waals surface area contributed by atoms with E-state index in [9.17, 15) is 9.59 Å². The molecule has 1 rings (SSSR count). The first kappa shape index (κ1) is 16.8. The number of nitrogens with one attached hydrogen (secondary N) is 1. The minimum Gasteiger partial charge on any atom is -0.480 e. The number of carbonyl (C=O) groups is 2. The number of aliphatic hydroxyl groups is 1. The van der Waals surface area contributed by atoms with Crippen LogP contribution in [0, 0.1) is 11.8 Å². The highest BCUT2D eigenvalue weighted by Gasteiger charge is 2.25. The van der Waals surface area contributed by atoms with Crippen molar-refractivity contribution in [2.24, 2.45) is 11.8 Å². The Bertz CT molecular complexity index is 333. The fraction of sp³-hybridized carbons (Fsp3) is 0.857. The lowest BCUT2D eigenvalue weighted by Crippen LogP contribution is -2.48. The maximum absolute atomic E-state index is 12.1. The third-order valence-electron chi connectivity index (χ3n) is 4.02. The topological polar surface area (TPSA) is 89.9 Å². The van der Waals surface area contributed by atoms with E-state index in [0.717, 1.165) is 19.3 Å². The summed E-state index contributed by atoms with van der Waals surface area (Å²) in [6.07, 6.45) is 3.06. The molecule has 20 heavy (non-hydrogen) atoms. The average Bonchev–Trinajstić information content (AvgIpc) is 2.63. The van der Waals surface area contributed by atoms with Crippen molar-refractivity contribution in [1.29, 1.82) is 0 Å². The Morgan fingerprint density at radius 2 is 2.00 bits per heavy atom. The van der Waals surface area contributed by atoms with Crippen LogP contribution in [0.3, 0.4) is 0 Å². The molecule has 1 fully saturated rings. The molecule has 6 heteroatoms. The zero-order chi connectivity index (χ0) is 15.1. The largest absolute Gasteiger partial charge is 0.480 e. The van der Waals surface area contributed by atoms with E-state index < -0.39 is 12.0 Å². The first-order valence-corrected chi connectivity index (χ1v) is 7.34. The van der Waals surface area contributed by atoms with Crippen molar-refractivity contribution in [3.63, 3.8) is 0 Å². The monoisotopic (exact) mass is 286 g/mol. The molecule has 0 aromatic rings. The molecule has 0 aromatic carbocycles. The van der Waals surface area contributed by atoms with Crippen molar-refractivity contribution in [1.82, 2.24) is 10.2 Å². The quantitative estimate of drug-likeness (QED) is 0.710. The van der Waals surface area contributed by atoms with Crippen LogP contribution in [0.15, 0.2) is 0 Å². The smallest absolute Gasteiger partial charge is 0.326 e. The summed E-state index contributed by atoms with van der Waals surface area (Å²) in [6.45, 7) is 5.47. The van der Waals surface area contributed by atoms with Crippen LogP contribution in [0.5, 0.6) is 0 Å². The van der Waals surface area contributed by atoms with E-state index in [0.29, 0.717) is 24.9 Å². The highest BCUT2D eigenvalue weighted by Crippen LogP contribution is 2.24. The molecule has 2 atom stereocenters. The number of carboxylic acids is 1. The van der Waals surface area contributed by atoms with Crippen LogP contribution in [0.1, 0.15) is 39.5 Å². The van der Waals surface area contributed by atoms with E-state index in [1.54, 1.807) is 4.90 Å². The number of nitrogens with zero attached hydrogens (tertiary/aromatic N) is 1. The molecule has 0 aromatic heterocycles. The van der Waals surface area contributed by atoms with Crippen molar-refractivity contribution >= 4 is 12.0 Å². The zero-order valence-electron chi connectivity index (χ0n) is 12.3. The number of hydrogen-bond acceptors (Lipinski definition) is 3. The standard InChI is InChI=1S/C14H26N2O4/c1-10(2)11-4-3-7-16(8-5-11)14(20)15-12(6-9-17)13(18)19/h10-12,17H,3-9H2,1-2H3,(H,15,20)(H,18,19). The fourth-order valence-electron chi connectivity index (χ4n) is 2.62. The summed E-state index contributed by atoms with van der Waals surface area (Å²) >= 11 is 0. The van der Waals surface area contributed by atoms with Crippen LogP contribution in [0.4, 0.5) is 4.79 Å². The number of likely N-dealkylation sites (tertiary alicyclic amines) is 1. The van der Waals surface area contributed by atoms with Gasteiger partial charge in [0.2, 0.25) is 0 Å². The Morgan fingerprint density at radius 3 is 2.55 bits per heavy atom. The Morgan fingerprint density at radius 1 is 1.30 bits per heavy atom. The maximum atomic E-state index is 12.1. The van der Waals surface area contributed by atoms with Gasteiger partial charge in [-0.25, -0.2) is 9.59 Å². The lowest BCUT2D eigenvalue weighted by Gasteiger charge is -2.24. The van der Waals surface area contributed by atoms with Crippen molar-refractivity contribution < 1.29 is 19.8 Å². The van der Waals surface area contributed by atoms with Crippen LogP contribution in [-0.4, -0.2) is 52.9 Å². The van der Waals surface area contributed by atoms with Crippen LogP contribution >= 0.6 is 0 Å². The molecule has 2 amide bonds. The molecule has 1 aliphatic heterocycles. The molecule has 0 bridgehead atoms. The van der Waals surface area contributed by atoms with Gasteiger partial charge in [0.1, 0.15) is 6.04 Å². The Kier molecular flexibility index (Phi) is 6.78. The molecule has 0 aliphatic carbocycles. The number of hydrogen-bond donors (Lipinski definition) is 3. The van der Waals surface area contributed by atoms with Gasteiger partial charge in [-0.2, -0.15) is 0 Å². The van der Waals surface area contributed by atoms with E-state index in [2.05, 4.69) is 19.2 Å². The van der Waals surface area contributed by atoms with Crippen molar-refractivity contribution in [2.45, 2.75) is 45.6 Å². The molecule has 0 radical (unpaired) electrons. The van der Waals surface area contributed by atoms with Gasteiger partial charge in [0.05, 0.1) is 0 Å². The van der Waals surface area contributed by atoms with E-state index in [1.807, 2.05) is 0 Å². The molecule has 0 saturated carbocycles. The Labute approximate surface area is 120 Å². The number of urea groups is 1. The number of amides is 2. The molecule has 6 nitrogen and oxygen atoms in total. The van der Waals surface area contributed by atoms with E-state index in [-0.39, 0.29) is 19.1 Å². The zero-order valence-corrected chi connectivity index (χ0v) is 12.3. The van der Waals surface area contributed by atoms with Crippen LogP contribution in [0.25, 0.3) is 0 Å². The molecule has 0 spiro atoms. The summed E-state index contributed by atoms with van der Waals surface area (Å²) in [6, 6.07) is -1.35. The summed E-state index contributed by atoms with van der Waals surface area (Å²) in [5.74, 6) is 0.127. The van der Waals surface area contributed by atoms with E-state index in [4.69, 9.17) is 10.2 Å². The molecule has 1 saturated heterocycles. The van der Waals surface area contributed by atoms with Gasteiger partial charge in [-0.1, -0.05) is 13.8 Å². The third-order valence-corrected chi connectivity index (χ3v) is 4.02. The van der Waals surface area contributed by atoms with Gasteiger partial charge in [-0.3, -0.25) is 0 Å². The highest BCUT2D eigenvalue weighted by atomic mass is 16.4. The minimum atomic E-state index is -1.11. The molecule has 2 unspecified atom stereocenters. The van der Waals surface area contributed by atoms with Gasteiger partial charge in [0.25, 0.3) is 0 Å². The maximum Gasteiger partial charge on any atom is 0.326 e. The van der Waals surface area contributed by atoms with Crippen molar-refractivity contribution in [2.75, 3.05) is 19.7 Å². The lowest BCUT2D eigenvalue weighted by molar-refractivity contribution is -0.139. The van der Waals surface area contributed by atoms with Gasteiger partial charge < -0.3 is 20.4 Å². The van der Waals surface area contributed by atoms with E-state index >= 15 is 0 Å². The second-order valence-electron chi connectivity index (χ2n) is 5.77. The van der Waals surface area contributed by atoms with Crippen LogP contribution in [-0.2, 0) is 4.79 Å². The molecule has 116 valence electrons. The molecular formula is C14H26N2O4. The van der Waals surface area contributed by atoms with Gasteiger partial charge in [-0.05, 0) is 31.1 Å². The van der Waals surface area contributed by atoms with E-state index in [1.165, 1.54) is 0 Å². The average molecular weight is 286 g/mol. The summed E-state index contributed by atoms with van der Waals surface area (Å²) in [5, 5.41) is 20.3. The molecular weight excluding hydrogens is 260 g/mol. The Balaban J connectivity index is 2.52. The van der Waals surface area contributed by atoms with Gasteiger partial charge in [0, 0.05) is 26.1 Å². The Hall–Kier alpha value is -1.30. The highest BCUT2D eigenvalue weighted by molar-refractivity contribution is 5.82. The summed E-state index contributed by atoms with van der Waals surface area (Å²) < 4.78 is 0. The summed E-state index contributed by atoms with van der Waals surface area (Å²) in [5.41, 5.74) is 0. The number of aliphatic hydroxyl groups excluding tert-OH is 1. The van der Waals surface area contributed by atoms with Gasteiger partial charge >= 0.3 is 12.0 Å². The SMILES string of the molecule is CC(C)C1CCCN(C(=O)NC(CCO)C(=O)O)CC1. The lowest BCUT2D eigenvalue weighted by atomic mass is 9.89. The second kappa shape index (κ2) is 8.09. The predicted molar refractivity (Wildman–Crippen MR) is 75.4 cm³/mol. The first-order valence-electron chi connectivity index (χ1n) is 7.34. The number of aliphatic carboxylic acids is 1. The molecule has 1 heterocycles. The minimum absolute atomic E-state index is 0.0313. The molecule has 3 N–H and O–H groups in total. The third kappa shape index (κ3) is 5.00. The van der Waals surface area contributed by atoms with Crippen LogP contribution < -0.4 is 5.32 Å². The molecule has 1 aliphatic rings. The first-order chi connectivity index (χ1) is 9.45. The number of carboxylic acid groups (broad SMARTS) is 1. The summed E-state index contributed by atoms with van der Waals surface area (Å²) in [4.78, 5) is 24.7. The predicted octanol–water partition coefficient (Wildman–Crippen LogP) is 1.29. The second-order valence-corrected chi connectivity index (χ2v) is 5.77. The van der Waals surface area contributed by atoms with Gasteiger partial charge in [-0.15, -0.1) is 0 Å². The van der Waals surface area contributed by atoms with Crippen molar-refractivity contribution in [3.8, 4) is 0 Å².